The molecule has 0 aromatic heterocycles. The molecular weight excluding hydrogens is 350 g/mol. The van der Waals surface area contributed by atoms with E-state index in [4.69, 9.17) is 9.47 Å². The minimum Gasteiger partial charge on any atom is -0.443 e. The number of aliphatic imine (C=N–C) groups is 1. The molecule has 1 saturated heterocycles. The van der Waals surface area contributed by atoms with Crippen LogP contribution in [-0.4, -0.2) is 64.6 Å². The second-order valence-corrected chi connectivity index (χ2v) is 8.30. The van der Waals surface area contributed by atoms with Crippen molar-refractivity contribution in [3.63, 3.8) is 0 Å². The fourth-order valence-corrected chi connectivity index (χ4v) is 2.31. The maximum Gasteiger partial charge on any atom is 0.437 e. The monoisotopic (exact) mass is 381 g/mol. The zero-order valence-electron chi connectivity index (χ0n) is 17.2. The minimum absolute atomic E-state index is 0.0982. The molecule has 0 N–H and O–H groups in total. The van der Waals surface area contributed by atoms with Gasteiger partial charge in [0.25, 0.3) is 0 Å². The largest absolute Gasteiger partial charge is 0.443 e. The summed E-state index contributed by atoms with van der Waals surface area (Å²) in [4.78, 5) is 43.5. The van der Waals surface area contributed by atoms with E-state index in [0.717, 1.165) is 0 Å². The van der Waals surface area contributed by atoms with Gasteiger partial charge in [0.2, 0.25) is 5.96 Å². The average Bonchev–Trinajstić information content (AvgIpc) is 2.48. The van der Waals surface area contributed by atoms with Gasteiger partial charge in [-0.1, -0.05) is 6.08 Å². The van der Waals surface area contributed by atoms with Crippen molar-refractivity contribution >= 4 is 23.9 Å². The van der Waals surface area contributed by atoms with Crippen LogP contribution >= 0.6 is 0 Å². The second-order valence-electron chi connectivity index (χ2n) is 8.30. The molecule has 1 fully saturated rings. The van der Waals surface area contributed by atoms with Crippen molar-refractivity contribution in [3.8, 4) is 0 Å². The van der Waals surface area contributed by atoms with Crippen LogP contribution in [0.2, 0.25) is 0 Å². The van der Waals surface area contributed by atoms with Crippen LogP contribution in [0.15, 0.2) is 17.6 Å². The van der Waals surface area contributed by atoms with Crippen molar-refractivity contribution in [2.45, 2.75) is 65.6 Å². The normalized spacial score (nSPS) is 16.0. The number of guanidine groups is 1. The van der Waals surface area contributed by atoms with Crippen LogP contribution in [0.5, 0.6) is 0 Å². The molecule has 0 unspecified atom stereocenters. The standard InChI is InChI=1S/C19H31N3O5/c1-8-11-22(17(25)27-19(5,6)7)15(20-16(24)26-18(2,3)4)21-12-9-14(23)10-13-21/h8H,1,9-13H2,2-7H3/b20-15+. The summed E-state index contributed by atoms with van der Waals surface area (Å²) in [6, 6.07) is 0. The number of amides is 2. The van der Waals surface area contributed by atoms with Gasteiger partial charge in [-0.3, -0.25) is 4.79 Å². The number of ether oxygens (including phenoxy) is 2. The molecule has 2 amide bonds. The number of hydrogen-bond acceptors (Lipinski definition) is 5. The number of rotatable bonds is 2. The number of carbonyl (C=O) groups excluding carboxylic acids is 3. The first-order valence-electron chi connectivity index (χ1n) is 9.02. The highest BCUT2D eigenvalue weighted by molar-refractivity contribution is 5.99. The topological polar surface area (TPSA) is 88.5 Å². The molecule has 0 spiro atoms. The molecule has 0 aromatic rings. The first-order valence-corrected chi connectivity index (χ1v) is 9.02. The van der Waals surface area contributed by atoms with Crippen LogP contribution in [0.25, 0.3) is 0 Å². The average molecular weight is 381 g/mol. The quantitative estimate of drug-likeness (QED) is 0.414. The van der Waals surface area contributed by atoms with E-state index in [1.165, 1.54) is 11.0 Å². The van der Waals surface area contributed by atoms with Gasteiger partial charge in [-0.05, 0) is 41.5 Å². The molecule has 1 aliphatic heterocycles. The van der Waals surface area contributed by atoms with Crippen molar-refractivity contribution in [2.24, 2.45) is 4.99 Å². The lowest BCUT2D eigenvalue weighted by Gasteiger charge is -2.35. The maximum atomic E-state index is 12.7. The molecule has 1 heterocycles. The molecule has 0 aliphatic carbocycles. The summed E-state index contributed by atoms with van der Waals surface area (Å²) < 4.78 is 10.7. The van der Waals surface area contributed by atoms with Crippen LogP contribution in [0.4, 0.5) is 9.59 Å². The van der Waals surface area contributed by atoms with Gasteiger partial charge in [-0.25, -0.2) is 14.5 Å². The molecule has 0 bridgehead atoms. The number of carbonyl (C=O) groups is 3. The third-order valence-electron chi connectivity index (χ3n) is 3.36. The number of nitrogens with zero attached hydrogens (tertiary/aromatic N) is 3. The summed E-state index contributed by atoms with van der Waals surface area (Å²) in [5, 5.41) is 0. The zero-order chi connectivity index (χ0) is 20.8. The summed E-state index contributed by atoms with van der Waals surface area (Å²) in [5.74, 6) is 0.237. The van der Waals surface area contributed by atoms with Crippen molar-refractivity contribution in [3.05, 3.63) is 12.7 Å². The highest BCUT2D eigenvalue weighted by atomic mass is 16.6. The number of Topliss-reactive ketones (excluding diaryl/α,β-unsaturated/α-hetero) is 1. The van der Waals surface area contributed by atoms with E-state index < -0.39 is 23.4 Å². The van der Waals surface area contributed by atoms with Gasteiger partial charge in [0, 0.05) is 32.5 Å². The van der Waals surface area contributed by atoms with E-state index in [9.17, 15) is 14.4 Å². The molecule has 0 radical (unpaired) electrons. The number of ketones is 1. The van der Waals surface area contributed by atoms with Crippen LogP contribution in [0.3, 0.4) is 0 Å². The van der Waals surface area contributed by atoms with Gasteiger partial charge in [0.15, 0.2) is 0 Å². The highest BCUT2D eigenvalue weighted by Crippen LogP contribution is 2.16. The molecule has 8 heteroatoms. The Morgan fingerprint density at radius 2 is 1.63 bits per heavy atom. The Morgan fingerprint density at radius 1 is 1.11 bits per heavy atom. The van der Waals surface area contributed by atoms with Crippen LogP contribution in [0.1, 0.15) is 54.4 Å². The van der Waals surface area contributed by atoms with Crippen LogP contribution in [0, 0.1) is 0 Å². The van der Waals surface area contributed by atoms with Gasteiger partial charge in [-0.2, -0.15) is 0 Å². The van der Waals surface area contributed by atoms with Gasteiger partial charge >= 0.3 is 12.2 Å². The number of likely N-dealkylation sites (tertiary alicyclic amines) is 1. The van der Waals surface area contributed by atoms with Crippen molar-refractivity contribution in [2.75, 3.05) is 19.6 Å². The Balaban J connectivity index is 3.22. The number of piperidine rings is 1. The van der Waals surface area contributed by atoms with Gasteiger partial charge in [-0.15, -0.1) is 11.6 Å². The fourth-order valence-electron chi connectivity index (χ4n) is 2.31. The molecule has 1 rings (SSSR count). The molecule has 27 heavy (non-hydrogen) atoms. The predicted octanol–water partition coefficient (Wildman–Crippen LogP) is 3.37. The summed E-state index contributed by atoms with van der Waals surface area (Å²) in [7, 11) is 0. The summed E-state index contributed by atoms with van der Waals surface area (Å²) in [5.41, 5.74) is -1.44. The molecule has 0 saturated carbocycles. The van der Waals surface area contributed by atoms with E-state index in [1.807, 2.05) is 0 Å². The highest BCUT2D eigenvalue weighted by Gasteiger charge is 2.31. The minimum atomic E-state index is -0.813. The van der Waals surface area contributed by atoms with Crippen molar-refractivity contribution in [1.82, 2.24) is 9.80 Å². The smallest absolute Gasteiger partial charge is 0.437 e. The van der Waals surface area contributed by atoms with Crippen LogP contribution < -0.4 is 0 Å². The first kappa shape index (κ1) is 22.7. The molecule has 1 aliphatic rings. The SMILES string of the molecule is C=CCN(C(=O)OC(C)(C)C)/C(=N/C(=O)OC(C)(C)C)N1CCC(=O)CC1. The Labute approximate surface area is 161 Å². The van der Waals surface area contributed by atoms with E-state index >= 15 is 0 Å². The Bertz CT molecular complexity index is 604. The second kappa shape index (κ2) is 9.01. The van der Waals surface area contributed by atoms with E-state index in [2.05, 4.69) is 11.6 Å². The molecule has 152 valence electrons. The zero-order valence-corrected chi connectivity index (χ0v) is 17.2. The van der Waals surface area contributed by atoms with Gasteiger partial charge in [0.05, 0.1) is 0 Å². The summed E-state index contributed by atoms with van der Waals surface area (Å²) in [6.07, 6.45) is 0.699. The molecular formula is C19H31N3O5. The Kier molecular flexibility index (Phi) is 7.56. The maximum absolute atomic E-state index is 12.7. The lowest BCUT2D eigenvalue weighted by molar-refractivity contribution is -0.120. The predicted molar refractivity (Wildman–Crippen MR) is 103 cm³/mol. The molecule has 0 atom stereocenters. The van der Waals surface area contributed by atoms with Crippen molar-refractivity contribution < 1.29 is 23.9 Å². The Morgan fingerprint density at radius 3 is 2.07 bits per heavy atom. The first-order chi connectivity index (χ1) is 12.3. The fraction of sp³-hybridized carbons (Fsp3) is 0.684. The third kappa shape index (κ3) is 8.23. The van der Waals surface area contributed by atoms with Gasteiger partial charge < -0.3 is 14.4 Å². The summed E-state index contributed by atoms with van der Waals surface area (Å²) >= 11 is 0. The van der Waals surface area contributed by atoms with Gasteiger partial charge in [0.1, 0.15) is 17.0 Å². The third-order valence-corrected chi connectivity index (χ3v) is 3.36. The van der Waals surface area contributed by atoms with E-state index in [0.29, 0.717) is 25.9 Å². The van der Waals surface area contributed by atoms with Crippen molar-refractivity contribution in [1.29, 1.82) is 0 Å². The van der Waals surface area contributed by atoms with E-state index in [1.54, 1.807) is 46.4 Å². The Hall–Kier alpha value is -2.38. The van der Waals surface area contributed by atoms with Crippen LogP contribution in [-0.2, 0) is 14.3 Å². The lowest BCUT2D eigenvalue weighted by Crippen LogP contribution is -2.51. The molecule has 8 nitrogen and oxygen atoms in total. The lowest BCUT2D eigenvalue weighted by atomic mass is 10.1. The number of hydrogen-bond donors (Lipinski definition) is 0. The molecule has 0 aromatic carbocycles. The summed E-state index contributed by atoms with van der Waals surface area (Å²) in [6.45, 7) is 14.9. The van der Waals surface area contributed by atoms with E-state index in [-0.39, 0.29) is 18.3 Å².